The van der Waals surface area contributed by atoms with Crippen LogP contribution in [0.2, 0.25) is 0 Å². The molecular formula is C24H21N3O4. The molecule has 0 aliphatic carbocycles. The number of anilines is 1. The van der Waals surface area contributed by atoms with Crippen molar-refractivity contribution < 1.29 is 19.1 Å². The number of hydrogen-bond acceptors (Lipinski definition) is 4. The highest BCUT2D eigenvalue weighted by Crippen LogP contribution is 2.12. The molecule has 0 heterocycles. The maximum absolute atomic E-state index is 12.2. The molecule has 0 aliphatic heterocycles. The molecule has 0 saturated heterocycles. The molecule has 3 aromatic carbocycles. The second kappa shape index (κ2) is 10.4. The van der Waals surface area contributed by atoms with Gasteiger partial charge in [0.1, 0.15) is 5.75 Å². The molecule has 0 unspecified atom stereocenters. The zero-order chi connectivity index (χ0) is 22.1. The van der Waals surface area contributed by atoms with E-state index in [4.69, 9.17) is 4.74 Å². The minimum atomic E-state index is -0.483. The number of hydrazine groups is 1. The number of carbonyl (C=O) groups is 3. The van der Waals surface area contributed by atoms with E-state index in [0.717, 1.165) is 5.56 Å². The summed E-state index contributed by atoms with van der Waals surface area (Å²) < 4.78 is 5.04. The maximum Gasteiger partial charge on any atom is 0.269 e. The van der Waals surface area contributed by atoms with Crippen LogP contribution in [-0.2, 0) is 4.79 Å². The van der Waals surface area contributed by atoms with Gasteiger partial charge in [0, 0.05) is 22.9 Å². The van der Waals surface area contributed by atoms with Crippen molar-refractivity contribution in [1.82, 2.24) is 10.9 Å². The van der Waals surface area contributed by atoms with Crippen LogP contribution in [0, 0.1) is 0 Å². The summed E-state index contributed by atoms with van der Waals surface area (Å²) in [5.41, 5.74) is 6.88. The van der Waals surface area contributed by atoms with Crippen LogP contribution in [-0.4, -0.2) is 24.8 Å². The van der Waals surface area contributed by atoms with Crippen LogP contribution in [0.4, 0.5) is 5.69 Å². The maximum atomic E-state index is 12.2. The summed E-state index contributed by atoms with van der Waals surface area (Å²) in [6.45, 7) is 0. The third-order valence-electron chi connectivity index (χ3n) is 4.28. The lowest BCUT2D eigenvalue weighted by Crippen LogP contribution is -2.41. The number of carbonyl (C=O) groups excluding carboxylic acids is 3. The Morgan fingerprint density at radius 2 is 1.29 bits per heavy atom. The van der Waals surface area contributed by atoms with Gasteiger partial charge in [-0.1, -0.05) is 30.3 Å². The first kappa shape index (κ1) is 21.3. The molecule has 0 radical (unpaired) electrons. The van der Waals surface area contributed by atoms with Gasteiger partial charge >= 0.3 is 0 Å². The number of amides is 3. The summed E-state index contributed by atoms with van der Waals surface area (Å²) in [6, 6.07) is 22.3. The first-order valence-corrected chi connectivity index (χ1v) is 9.44. The van der Waals surface area contributed by atoms with Crippen molar-refractivity contribution in [3.8, 4) is 5.75 Å². The SMILES string of the molecule is COc1ccc(C(=O)NNC(=O)c2ccc(NC(=O)/C=C/c3ccccc3)cc2)cc1. The molecule has 0 atom stereocenters. The van der Waals surface area contributed by atoms with Gasteiger partial charge in [-0.3, -0.25) is 25.2 Å². The number of hydrogen-bond donors (Lipinski definition) is 3. The number of benzene rings is 3. The highest BCUT2D eigenvalue weighted by Gasteiger charge is 2.09. The summed E-state index contributed by atoms with van der Waals surface area (Å²) in [5, 5.41) is 2.72. The van der Waals surface area contributed by atoms with E-state index in [2.05, 4.69) is 16.2 Å². The molecule has 7 heteroatoms. The van der Waals surface area contributed by atoms with E-state index in [-0.39, 0.29) is 5.91 Å². The molecule has 0 aromatic heterocycles. The van der Waals surface area contributed by atoms with Gasteiger partial charge in [0.05, 0.1) is 7.11 Å². The van der Waals surface area contributed by atoms with Crippen molar-refractivity contribution >= 4 is 29.5 Å². The Hall–Kier alpha value is -4.39. The van der Waals surface area contributed by atoms with Gasteiger partial charge in [0.25, 0.3) is 11.8 Å². The molecule has 3 aromatic rings. The van der Waals surface area contributed by atoms with Crippen LogP contribution in [0.5, 0.6) is 5.75 Å². The fraction of sp³-hybridized carbons (Fsp3) is 0.0417. The van der Waals surface area contributed by atoms with E-state index in [1.165, 1.54) is 13.2 Å². The molecule has 3 N–H and O–H groups in total. The summed E-state index contributed by atoms with van der Waals surface area (Å²) in [7, 11) is 1.54. The van der Waals surface area contributed by atoms with E-state index in [0.29, 0.717) is 22.6 Å². The van der Waals surface area contributed by atoms with Crippen molar-refractivity contribution in [2.75, 3.05) is 12.4 Å². The first-order valence-electron chi connectivity index (χ1n) is 9.44. The molecule has 0 spiro atoms. The zero-order valence-corrected chi connectivity index (χ0v) is 16.8. The van der Waals surface area contributed by atoms with E-state index >= 15 is 0 Å². The van der Waals surface area contributed by atoms with Gasteiger partial charge < -0.3 is 10.1 Å². The quantitative estimate of drug-likeness (QED) is 0.425. The van der Waals surface area contributed by atoms with Gasteiger partial charge in [0.15, 0.2) is 0 Å². The van der Waals surface area contributed by atoms with Gasteiger partial charge in [0.2, 0.25) is 5.91 Å². The molecule has 7 nitrogen and oxygen atoms in total. The normalized spacial score (nSPS) is 10.4. The Morgan fingerprint density at radius 1 is 0.742 bits per heavy atom. The van der Waals surface area contributed by atoms with Crippen LogP contribution < -0.4 is 20.9 Å². The van der Waals surface area contributed by atoms with Crippen LogP contribution in [0.1, 0.15) is 26.3 Å². The molecule has 0 aliphatic rings. The predicted molar refractivity (Wildman–Crippen MR) is 118 cm³/mol. The number of rotatable bonds is 6. The van der Waals surface area contributed by atoms with Crippen molar-refractivity contribution in [2.24, 2.45) is 0 Å². The molecule has 0 bridgehead atoms. The van der Waals surface area contributed by atoms with Gasteiger partial charge in [-0.05, 0) is 60.2 Å². The summed E-state index contributed by atoms with van der Waals surface area (Å²) in [6.07, 6.45) is 3.15. The highest BCUT2D eigenvalue weighted by molar-refractivity contribution is 6.02. The Kier molecular flexibility index (Phi) is 7.16. The smallest absolute Gasteiger partial charge is 0.269 e. The third-order valence-corrected chi connectivity index (χ3v) is 4.28. The molecule has 0 fully saturated rings. The molecule has 156 valence electrons. The molecule has 3 rings (SSSR count). The van der Waals surface area contributed by atoms with Crippen LogP contribution in [0.3, 0.4) is 0 Å². The lowest BCUT2D eigenvalue weighted by Gasteiger charge is -2.09. The van der Waals surface area contributed by atoms with E-state index in [1.54, 1.807) is 54.6 Å². The van der Waals surface area contributed by atoms with Crippen LogP contribution in [0.25, 0.3) is 6.08 Å². The molecule has 31 heavy (non-hydrogen) atoms. The molecular weight excluding hydrogens is 394 g/mol. The Morgan fingerprint density at radius 3 is 1.84 bits per heavy atom. The fourth-order valence-corrected chi connectivity index (χ4v) is 2.63. The summed E-state index contributed by atoms with van der Waals surface area (Å²) in [4.78, 5) is 36.4. The minimum Gasteiger partial charge on any atom is -0.497 e. The van der Waals surface area contributed by atoms with E-state index in [9.17, 15) is 14.4 Å². The van der Waals surface area contributed by atoms with Crippen LogP contribution >= 0.6 is 0 Å². The van der Waals surface area contributed by atoms with Crippen molar-refractivity contribution in [3.05, 3.63) is 102 Å². The van der Waals surface area contributed by atoms with Crippen LogP contribution in [0.15, 0.2) is 84.9 Å². The average molecular weight is 415 g/mol. The zero-order valence-electron chi connectivity index (χ0n) is 16.8. The lowest BCUT2D eigenvalue weighted by molar-refractivity contribution is -0.111. The summed E-state index contributed by atoms with van der Waals surface area (Å²) >= 11 is 0. The van der Waals surface area contributed by atoms with Crippen molar-refractivity contribution in [1.29, 1.82) is 0 Å². The Balaban J connectivity index is 1.50. The standard InChI is InChI=1S/C24H21N3O4/c1-31-21-14-10-19(11-15-21)24(30)27-26-23(29)18-8-12-20(13-9-18)25-22(28)16-7-17-5-3-2-4-6-17/h2-16H,1H3,(H,25,28)(H,26,29)(H,27,30)/b16-7+. The van der Waals surface area contributed by atoms with Gasteiger partial charge in [-0.2, -0.15) is 0 Å². The third kappa shape index (κ3) is 6.30. The van der Waals surface area contributed by atoms with Crippen molar-refractivity contribution in [2.45, 2.75) is 0 Å². The lowest BCUT2D eigenvalue weighted by atomic mass is 10.2. The average Bonchev–Trinajstić information content (AvgIpc) is 2.82. The van der Waals surface area contributed by atoms with Gasteiger partial charge in [-0.15, -0.1) is 0 Å². The van der Waals surface area contributed by atoms with E-state index in [1.807, 2.05) is 30.3 Å². The second-order valence-corrected chi connectivity index (χ2v) is 6.45. The molecule has 3 amide bonds. The Labute approximate surface area is 179 Å². The van der Waals surface area contributed by atoms with E-state index < -0.39 is 11.8 Å². The monoisotopic (exact) mass is 415 g/mol. The fourth-order valence-electron chi connectivity index (χ4n) is 2.63. The minimum absolute atomic E-state index is 0.284. The first-order chi connectivity index (χ1) is 15.0. The number of ether oxygens (including phenoxy) is 1. The topological polar surface area (TPSA) is 96.5 Å². The van der Waals surface area contributed by atoms with Gasteiger partial charge in [-0.25, -0.2) is 0 Å². The highest BCUT2D eigenvalue weighted by atomic mass is 16.5. The number of methoxy groups -OCH3 is 1. The number of nitrogens with one attached hydrogen (secondary N) is 3. The summed E-state index contributed by atoms with van der Waals surface area (Å²) in [5.74, 6) is -0.593. The largest absolute Gasteiger partial charge is 0.497 e. The second-order valence-electron chi connectivity index (χ2n) is 6.45. The van der Waals surface area contributed by atoms with Crippen molar-refractivity contribution in [3.63, 3.8) is 0 Å². The molecule has 0 saturated carbocycles. The predicted octanol–water partition coefficient (Wildman–Crippen LogP) is 3.42. The Bertz CT molecular complexity index is 1080.